The first-order valence-corrected chi connectivity index (χ1v) is 17.3. The van der Waals surface area contributed by atoms with E-state index in [0.717, 1.165) is 53.4 Å². The lowest BCUT2D eigenvalue weighted by Gasteiger charge is -2.37. The molecule has 2 aromatic heterocycles. The van der Waals surface area contributed by atoms with E-state index in [0.29, 0.717) is 30.3 Å². The van der Waals surface area contributed by atoms with Crippen molar-refractivity contribution in [3.63, 3.8) is 0 Å². The number of aromatic nitrogens is 4. The molecule has 246 valence electrons. The van der Waals surface area contributed by atoms with Gasteiger partial charge in [-0.05, 0) is 75.3 Å². The van der Waals surface area contributed by atoms with Gasteiger partial charge in [0.1, 0.15) is 12.5 Å². The standard InChI is InChI=1S/C41H40N6O2/c1-27-20-28(2)22-29(21-27)23-32-14-10-11-19-45(32)38(48)26-46-36-17-8-9-18-37(36)47-39(30-12-4-3-5-13-30)43-44-40(47)34(41(46)49)24-31-25-42-35-16-7-6-15-33(31)35/h3-9,12-13,15-18,20-22,25,32,34,42H,10-11,14,19,23-24,26H2,1-2H3/t32-,34+/m1/s1. The van der Waals surface area contributed by atoms with Crippen LogP contribution in [-0.4, -0.2) is 55.6 Å². The predicted octanol–water partition coefficient (Wildman–Crippen LogP) is 7.33. The number of rotatable bonds is 7. The van der Waals surface area contributed by atoms with Crippen molar-refractivity contribution in [2.24, 2.45) is 0 Å². The number of aromatic amines is 1. The highest BCUT2D eigenvalue weighted by Crippen LogP contribution is 2.39. The van der Waals surface area contributed by atoms with Crippen LogP contribution < -0.4 is 4.90 Å². The third kappa shape index (κ3) is 5.81. The number of hydrogen-bond donors (Lipinski definition) is 1. The van der Waals surface area contributed by atoms with Gasteiger partial charge in [0.15, 0.2) is 11.6 Å². The minimum absolute atomic E-state index is 0.0241. The van der Waals surface area contributed by atoms with Gasteiger partial charge in [0, 0.05) is 35.2 Å². The lowest BCUT2D eigenvalue weighted by atomic mass is 9.93. The minimum Gasteiger partial charge on any atom is -0.361 e. The highest BCUT2D eigenvalue weighted by Gasteiger charge is 2.40. The zero-order valence-corrected chi connectivity index (χ0v) is 28.0. The second kappa shape index (κ2) is 12.8. The SMILES string of the molecule is Cc1cc(C)cc(C[C@H]2CCCCN2C(=O)CN2C(=O)[C@@H](Cc3c[nH]c4ccccc34)c3nnc(-c4ccccc4)n3-c3ccccc32)c1. The molecule has 0 aliphatic carbocycles. The average molecular weight is 649 g/mol. The summed E-state index contributed by atoms with van der Waals surface area (Å²) in [6, 6.07) is 32.6. The van der Waals surface area contributed by atoms with Gasteiger partial charge in [0.2, 0.25) is 11.8 Å². The number of para-hydroxylation sites is 3. The Hall–Kier alpha value is -5.50. The van der Waals surface area contributed by atoms with E-state index in [1.54, 1.807) is 4.90 Å². The van der Waals surface area contributed by atoms with Crippen LogP contribution >= 0.6 is 0 Å². The normalized spacial score (nSPS) is 17.6. The quantitative estimate of drug-likeness (QED) is 0.196. The summed E-state index contributed by atoms with van der Waals surface area (Å²) in [4.78, 5) is 36.6. The fourth-order valence-electron chi connectivity index (χ4n) is 7.92. The maximum Gasteiger partial charge on any atom is 0.242 e. The summed E-state index contributed by atoms with van der Waals surface area (Å²) < 4.78 is 2.02. The Morgan fingerprint density at radius 2 is 1.57 bits per heavy atom. The van der Waals surface area contributed by atoms with E-state index in [-0.39, 0.29) is 24.4 Å². The number of anilines is 1. The van der Waals surface area contributed by atoms with Crippen LogP contribution in [0.2, 0.25) is 0 Å². The number of benzene rings is 4. The van der Waals surface area contributed by atoms with Crippen LogP contribution in [0.3, 0.4) is 0 Å². The van der Waals surface area contributed by atoms with Gasteiger partial charge in [-0.15, -0.1) is 10.2 Å². The second-order valence-electron chi connectivity index (χ2n) is 13.5. The van der Waals surface area contributed by atoms with Gasteiger partial charge in [-0.2, -0.15) is 0 Å². The fraction of sp³-hybridized carbons (Fsp3) is 0.268. The number of hydrogen-bond acceptors (Lipinski definition) is 4. The Morgan fingerprint density at radius 3 is 2.39 bits per heavy atom. The average Bonchev–Trinajstić information content (AvgIpc) is 3.72. The fourth-order valence-corrected chi connectivity index (χ4v) is 7.92. The summed E-state index contributed by atoms with van der Waals surface area (Å²) in [5, 5.41) is 10.5. The maximum atomic E-state index is 15.0. The van der Waals surface area contributed by atoms with Crippen LogP contribution in [0.25, 0.3) is 28.0 Å². The Labute approximate surface area is 286 Å². The van der Waals surface area contributed by atoms with Crippen LogP contribution in [0, 0.1) is 13.8 Å². The van der Waals surface area contributed by atoms with Crippen molar-refractivity contribution in [3.8, 4) is 17.1 Å². The Balaban J connectivity index is 1.20. The van der Waals surface area contributed by atoms with Crippen molar-refractivity contribution >= 4 is 28.4 Å². The molecule has 2 aliphatic heterocycles. The van der Waals surface area contributed by atoms with Gasteiger partial charge in [-0.3, -0.25) is 14.2 Å². The number of fused-ring (bicyclic) bond motifs is 4. The molecule has 1 N–H and O–H groups in total. The molecule has 1 fully saturated rings. The summed E-state index contributed by atoms with van der Waals surface area (Å²) >= 11 is 0. The molecule has 2 aliphatic rings. The van der Waals surface area contributed by atoms with Gasteiger partial charge in [0.05, 0.1) is 11.4 Å². The number of H-pyrrole nitrogens is 1. The van der Waals surface area contributed by atoms with Gasteiger partial charge >= 0.3 is 0 Å². The predicted molar refractivity (Wildman–Crippen MR) is 193 cm³/mol. The minimum atomic E-state index is -0.670. The number of aryl methyl sites for hydroxylation is 2. The molecule has 8 nitrogen and oxygen atoms in total. The van der Waals surface area contributed by atoms with Gasteiger partial charge in [-0.25, -0.2) is 0 Å². The highest BCUT2D eigenvalue weighted by atomic mass is 16.2. The molecule has 0 unspecified atom stereocenters. The second-order valence-corrected chi connectivity index (χ2v) is 13.5. The first-order chi connectivity index (χ1) is 23.9. The lowest BCUT2D eigenvalue weighted by Crippen LogP contribution is -2.50. The van der Waals surface area contributed by atoms with Gasteiger partial charge < -0.3 is 14.8 Å². The van der Waals surface area contributed by atoms with E-state index in [9.17, 15) is 4.79 Å². The number of piperidine rings is 1. The molecular weight excluding hydrogens is 608 g/mol. The molecule has 4 aromatic carbocycles. The Morgan fingerprint density at radius 1 is 0.837 bits per heavy atom. The number of nitrogens with one attached hydrogen (secondary N) is 1. The topological polar surface area (TPSA) is 87.1 Å². The summed E-state index contributed by atoms with van der Waals surface area (Å²) in [5.41, 5.74) is 8.13. The van der Waals surface area contributed by atoms with Crippen molar-refractivity contribution in [2.75, 3.05) is 18.0 Å². The van der Waals surface area contributed by atoms with Crippen LogP contribution in [0.5, 0.6) is 0 Å². The molecule has 2 atom stereocenters. The first-order valence-electron chi connectivity index (χ1n) is 17.3. The number of amides is 2. The van der Waals surface area contributed by atoms with Gasteiger partial charge in [-0.1, -0.05) is 90.0 Å². The van der Waals surface area contributed by atoms with E-state index in [2.05, 4.69) is 48.2 Å². The Bertz CT molecular complexity index is 2150. The van der Waals surface area contributed by atoms with E-state index < -0.39 is 5.92 Å². The van der Waals surface area contributed by atoms with Crippen LogP contribution in [0.4, 0.5) is 5.69 Å². The van der Waals surface area contributed by atoms with Crippen LogP contribution in [0.15, 0.2) is 103 Å². The smallest absolute Gasteiger partial charge is 0.242 e. The highest BCUT2D eigenvalue weighted by molar-refractivity contribution is 6.05. The third-order valence-electron chi connectivity index (χ3n) is 10.1. The molecular formula is C41H40N6O2. The molecule has 8 heteroatoms. The lowest BCUT2D eigenvalue weighted by molar-refractivity contribution is -0.134. The molecule has 0 spiro atoms. The summed E-state index contributed by atoms with van der Waals surface area (Å²) in [6.07, 6.45) is 6.21. The van der Waals surface area contributed by atoms with E-state index in [1.165, 1.54) is 16.7 Å². The molecule has 8 rings (SSSR count). The van der Waals surface area contributed by atoms with Crippen molar-refractivity contribution < 1.29 is 9.59 Å². The number of carbonyl (C=O) groups is 2. The zero-order valence-electron chi connectivity index (χ0n) is 28.0. The summed E-state index contributed by atoms with van der Waals surface area (Å²) in [5.74, 6) is 0.389. The van der Waals surface area contributed by atoms with Crippen LogP contribution in [0.1, 0.15) is 53.3 Å². The van der Waals surface area contributed by atoms with E-state index in [4.69, 9.17) is 5.10 Å². The van der Waals surface area contributed by atoms with Crippen molar-refractivity contribution in [3.05, 3.63) is 131 Å². The van der Waals surface area contributed by atoms with Crippen molar-refractivity contribution in [1.29, 1.82) is 0 Å². The molecule has 6 aromatic rings. The maximum absolute atomic E-state index is 15.0. The number of nitrogens with zero attached hydrogens (tertiary/aromatic N) is 5. The molecule has 4 heterocycles. The summed E-state index contributed by atoms with van der Waals surface area (Å²) in [6.45, 7) is 4.90. The van der Waals surface area contributed by atoms with Gasteiger partial charge in [0.25, 0.3) is 0 Å². The van der Waals surface area contributed by atoms with Crippen molar-refractivity contribution in [1.82, 2.24) is 24.6 Å². The largest absolute Gasteiger partial charge is 0.361 e. The molecule has 1 saturated heterocycles. The summed E-state index contributed by atoms with van der Waals surface area (Å²) in [7, 11) is 0. The molecule has 0 bridgehead atoms. The van der Waals surface area contributed by atoms with E-state index in [1.807, 2.05) is 88.5 Å². The molecule has 0 saturated carbocycles. The number of carbonyl (C=O) groups excluding carboxylic acids is 2. The molecule has 2 amide bonds. The molecule has 49 heavy (non-hydrogen) atoms. The third-order valence-corrected chi connectivity index (χ3v) is 10.1. The zero-order chi connectivity index (χ0) is 33.5. The van der Waals surface area contributed by atoms with Crippen molar-refractivity contribution in [2.45, 2.75) is 57.9 Å². The Kier molecular flexibility index (Phi) is 8.07. The van der Waals surface area contributed by atoms with Crippen LogP contribution in [-0.2, 0) is 22.4 Å². The number of likely N-dealkylation sites (tertiary alicyclic amines) is 1. The molecule has 0 radical (unpaired) electrons. The first kappa shape index (κ1) is 30.8. The monoisotopic (exact) mass is 648 g/mol. The van der Waals surface area contributed by atoms with E-state index >= 15 is 4.79 Å².